The number of nitrogens with zero attached hydrogens (tertiary/aromatic N) is 2. The lowest BCUT2D eigenvalue weighted by Crippen LogP contribution is -1.98. The largest absolute Gasteiger partial charge is 0.405 e. The summed E-state index contributed by atoms with van der Waals surface area (Å²) in [5.41, 5.74) is 14.4. The molecule has 42 heavy (non-hydrogen) atoms. The molecule has 200 valence electrons. The highest BCUT2D eigenvalue weighted by Gasteiger charge is 2.24. The first kappa shape index (κ1) is 24.3. The monoisotopic (exact) mass is 539 g/mol. The zero-order valence-electron chi connectivity index (χ0n) is 23.1. The molecule has 0 amide bonds. The summed E-state index contributed by atoms with van der Waals surface area (Å²) in [5.74, 6) is 0. The lowest BCUT2D eigenvalue weighted by Gasteiger charge is -2.14. The minimum atomic E-state index is 0.808. The van der Waals surface area contributed by atoms with Gasteiger partial charge in [-0.05, 0) is 48.5 Å². The maximum atomic E-state index is 6.10. The van der Waals surface area contributed by atoms with E-state index in [1.54, 1.807) is 6.20 Å². The first-order valence-electron chi connectivity index (χ1n) is 14.4. The molecule has 0 spiro atoms. The summed E-state index contributed by atoms with van der Waals surface area (Å²) in [4.78, 5) is 0. The maximum Gasteiger partial charge on any atom is 0.0627 e. The van der Waals surface area contributed by atoms with Crippen molar-refractivity contribution in [3.63, 3.8) is 0 Å². The Hall–Kier alpha value is -5.54. The molecule has 0 saturated carbocycles. The molecule has 0 fully saturated rings. The highest BCUT2D eigenvalue weighted by Crippen LogP contribution is 2.46. The van der Waals surface area contributed by atoms with Crippen LogP contribution >= 0.6 is 0 Å². The van der Waals surface area contributed by atoms with Crippen molar-refractivity contribution in [1.82, 2.24) is 9.13 Å². The summed E-state index contributed by atoms with van der Waals surface area (Å²) in [5, 5.41) is 7.46. The number of nitrogens with two attached hydrogens (primary N) is 1. The highest BCUT2D eigenvalue weighted by molar-refractivity contribution is 6.37. The van der Waals surface area contributed by atoms with Crippen molar-refractivity contribution in [2.45, 2.75) is 6.42 Å². The van der Waals surface area contributed by atoms with Crippen LogP contribution in [0.4, 0.5) is 0 Å². The van der Waals surface area contributed by atoms with Crippen LogP contribution in [0.3, 0.4) is 0 Å². The first-order valence-corrected chi connectivity index (χ1v) is 14.4. The molecular weight excluding hydrogens is 510 g/mol. The molecule has 3 heteroatoms. The van der Waals surface area contributed by atoms with E-state index in [0.717, 1.165) is 17.8 Å². The van der Waals surface area contributed by atoms with Gasteiger partial charge < -0.3 is 14.9 Å². The summed E-state index contributed by atoms with van der Waals surface area (Å²) in [6.07, 6.45) is 6.78. The minimum Gasteiger partial charge on any atom is -0.405 e. The van der Waals surface area contributed by atoms with E-state index in [-0.39, 0.29) is 0 Å². The summed E-state index contributed by atoms with van der Waals surface area (Å²) < 4.78 is 4.85. The Morgan fingerprint density at radius 1 is 0.548 bits per heavy atom. The molecule has 2 aromatic heterocycles. The van der Waals surface area contributed by atoms with Gasteiger partial charge in [0.15, 0.2) is 0 Å². The zero-order valence-corrected chi connectivity index (χ0v) is 23.1. The van der Waals surface area contributed by atoms with Crippen molar-refractivity contribution in [3.05, 3.63) is 157 Å². The Labute approximate surface area is 244 Å². The van der Waals surface area contributed by atoms with E-state index in [9.17, 15) is 0 Å². The van der Waals surface area contributed by atoms with Gasteiger partial charge in [-0.15, -0.1) is 0 Å². The number of benzene rings is 6. The smallest absolute Gasteiger partial charge is 0.0627 e. The van der Waals surface area contributed by atoms with Gasteiger partial charge in [0, 0.05) is 43.7 Å². The molecule has 6 aromatic carbocycles. The van der Waals surface area contributed by atoms with Gasteiger partial charge in [-0.3, -0.25) is 0 Å². The number of aromatic nitrogens is 2. The normalized spacial score (nSPS) is 12.5. The van der Waals surface area contributed by atoms with E-state index in [1.807, 2.05) is 6.08 Å². The SMILES string of the molecule is N/C=C\C(=C/Cc1ccccc1)n1c2ccccc2c2c3c4ccccc4n(-c4ccccc4)c3c3ccccc3c21. The van der Waals surface area contributed by atoms with Gasteiger partial charge in [0.2, 0.25) is 0 Å². The van der Waals surface area contributed by atoms with E-state index in [2.05, 4.69) is 149 Å². The van der Waals surface area contributed by atoms with E-state index in [0.29, 0.717) is 0 Å². The predicted molar refractivity (Wildman–Crippen MR) is 179 cm³/mol. The predicted octanol–water partition coefficient (Wildman–Crippen LogP) is 9.60. The van der Waals surface area contributed by atoms with Crippen LogP contribution in [0.15, 0.2) is 152 Å². The fraction of sp³-hybridized carbons (Fsp3) is 0.0256. The van der Waals surface area contributed by atoms with Gasteiger partial charge >= 0.3 is 0 Å². The summed E-state index contributed by atoms with van der Waals surface area (Å²) in [6.45, 7) is 0. The lowest BCUT2D eigenvalue weighted by molar-refractivity contribution is 1.18. The topological polar surface area (TPSA) is 35.9 Å². The molecule has 2 heterocycles. The Balaban J connectivity index is 1.60. The van der Waals surface area contributed by atoms with Crippen molar-refractivity contribution >= 4 is 60.1 Å². The first-order chi connectivity index (χ1) is 20.8. The molecule has 0 aliphatic carbocycles. The molecule has 0 radical (unpaired) electrons. The highest BCUT2D eigenvalue weighted by atomic mass is 15.0. The number of hydrogen-bond acceptors (Lipinski definition) is 1. The number of para-hydroxylation sites is 3. The third-order valence-electron chi connectivity index (χ3n) is 8.37. The number of hydrogen-bond donors (Lipinski definition) is 1. The Bertz CT molecular complexity index is 2320. The minimum absolute atomic E-state index is 0.808. The van der Waals surface area contributed by atoms with Gasteiger partial charge in [-0.25, -0.2) is 0 Å². The second-order valence-electron chi connectivity index (χ2n) is 10.7. The Kier molecular flexibility index (Phi) is 5.68. The van der Waals surface area contributed by atoms with Gasteiger partial charge in [0.05, 0.1) is 22.1 Å². The van der Waals surface area contributed by atoms with Gasteiger partial charge in [-0.2, -0.15) is 0 Å². The van der Waals surface area contributed by atoms with E-state index in [4.69, 9.17) is 5.73 Å². The molecule has 0 saturated heterocycles. The van der Waals surface area contributed by atoms with Crippen LogP contribution < -0.4 is 5.73 Å². The van der Waals surface area contributed by atoms with Crippen LogP contribution in [0.25, 0.3) is 65.8 Å². The Morgan fingerprint density at radius 3 is 1.76 bits per heavy atom. The maximum absolute atomic E-state index is 6.10. The molecule has 0 aliphatic rings. The van der Waals surface area contributed by atoms with Crippen molar-refractivity contribution in [2.75, 3.05) is 0 Å². The van der Waals surface area contributed by atoms with E-state index >= 15 is 0 Å². The quantitative estimate of drug-likeness (QED) is 0.217. The van der Waals surface area contributed by atoms with Crippen LogP contribution in [0.2, 0.25) is 0 Å². The Morgan fingerprint density at radius 2 is 1.07 bits per heavy atom. The van der Waals surface area contributed by atoms with Gasteiger partial charge in [0.1, 0.15) is 0 Å². The van der Waals surface area contributed by atoms with Crippen molar-refractivity contribution < 1.29 is 0 Å². The molecule has 0 aliphatic heterocycles. The standard InChI is InChI=1S/C39H29N3/c40-26-25-29(24-23-27-13-3-1-4-14-27)42-35-22-12-10-20-33(35)37-36-32-19-9-11-21-34(32)41(28-15-5-2-6-16-28)38(36)30-17-7-8-18-31(30)39(37)42/h1-22,24-26H,23,40H2/b26-25-,29-24+. The van der Waals surface area contributed by atoms with Crippen LogP contribution in [0.1, 0.15) is 5.56 Å². The van der Waals surface area contributed by atoms with Crippen LogP contribution in [0.5, 0.6) is 0 Å². The third-order valence-corrected chi connectivity index (χ3v) is 8.37. The molecule has 8 aromatic rings. The van der Waals surface area contributed by atoms with Crippen LogP contribution in [0, 0.1) is 0 Å². The van der Waals surface area contributed by atoms with Crippen molar-refractivity contribution in [3.8, 4) is 5.69 Å². The van der Waals surface area contributed by atoms with Gasteiger partial charge in [0.25, 0.3) is 0 Å². The van der Waals surface area contributed by atoms with Gasteiger partial charge in [-0.1, -0.05) is 115 Å². The summed E-state index contributed by atoms with van der Waals surface area (Å²) in [7, 11) is 0. The average Bonchev–Trinajstić information content (AvgIpc) is 3.58. The van der Waals surface area contributed by atoms with Crippen LogP contribution in [-0.4, -0.2) is 9.13 Å². The molecule has 2 N–H and O–H groups in total. The fourth-order valence-corrected chi connectivity index (χ4v) is 6.67. The zero-order chi connectivity index (χ0) is 28.0. The van der Waals surface area contributed by atoms with E-state index < -0.39 is 0 Å². The van der Waals surface area contributed by atoms with Crippen molar-refractivity contribution in [2.24, 2.45) is 5.73 Å². The molecule has 3 nitrogen and oxygen atoms in total. The average molecular weight is 540 g/mol. The second-order valence-corrected chi connectivity index (χ2v) is 10.7. The molecular formula is C39H29N3. The van der Waals surface area contributed by atoms with E-state index in [1.165, 1.54) is 59.9 Å². The summed E-state index contributed by atoms with van der Waals surface area (Å²) in [6, 6.07) is 47.7. The lowest BCUT2D eigenvalue weighted by atomic mass is 9.99. The summed E-state index contributed by atoms with van der Waals surface area (Å²) >= 11 is 0. The molecule has 0 bridgehead atoms. The van der Waals surface area contributed by atoms with Crippen LogP contribution in [-0.2, 0) is 6.42 Å². The number of rotatable bonds is 5. The number of fused-ring (bicyclic) bond motifs is 10. The molecule has 0 unspecified atom stereocenters. The van der Waals surface area contributed by atoms with Crippen molar-refractivity contribution in [1.29, 1.82) is 0 Å². The third kappa shape index (κ3) is 3.60. The fourth-order valence-electron chi connectivity index (χ4n) is 6.67. The number of allylic oxidation sites excluding steroid dienone is 3. The second kappa shape index (κ2) is 9.83. The molecule has 0 atom stereocenters. The molecule has 8 rings (SSSR count).